The fourth-order valence-electron chi connectivity index (χ4n) is 3.23. The van der Waals surface area contributed by atoms with Crippen molar-refractivity contribution >= 4 is 17.3 Å². The number of benzene rings is 1. The van der Waals surface area contributed by atoms with E-state index < -0.39 is 12.1 Å². The van der Waals surface area contributed by atoms with Gasteiger partial charge in [-0.05, 0) is 53.1 Å². The van der Waals surface area contributed by atoms with Crippen molar-refractivity contribution in [1.29, 1.82) is 0 Å². The Labute approximate surface area is 180 Å². The molecule has 1 aromatic carbocycles. The maximum atomic E-state index is 13.2. The number of carboxylic acid groups (broad SMARTS) is 1. The Kier molecular flexibility index (Phi) is 7.34. The molecule has 0 amide bonds. The Morgan fingerprint density at radius 2 is 1.77 bits per heavy atom. The summed E-state index contributed by atoms with van der Waals surface area (Å²) < 4.78 is 44.9. The molecule has 3 heterocycles. The van der Waals surface area contributed by atoms with Crippen LogP contribution < -0.4 is 0 Å². The molecule has 0 aliphatic carbocycles. The summed E-state index contributed by atoms with van der Waals surface area (Å²) in [5.41, 5.74) is 5.60. The number of fused-ring (bicyclic) bond motifs is 1. The lowest BCUT2D eigenvalue weighted by atomic mass is 10.0. The zero-order valence-electron chi connectivity index (χ0n) is 16.3. The van der Waals surface area contributed by atoms with Gasteiger partial charge in [-0.15, -0.1) is 0 Å². The molecule has 0 fully saturated rings. The molecule has 0 saturated carbocycles. The monoisotopic (exact) mass is 453 g/mol. The van der Waals surface area contributed by atoms with Gasteiger partial charge in [-0.2, -0.15) is 24.5 Å². The highest BCUT2D eigenvalue weighted by molar-refractivity contribution is 7.07. The van der Waals surface area contributed by atoms with Crippen LogP contribution >= 0.6 is 11.3 Å². The molecule has 10 heteroatoms. The molecule has 2 aromatic heterocycles. The fraction of sp³-hybridized carbons (Fsp3) is 0.286. The Balaban J connectivity index is 0.000000339. The largest absolute Gasteiger partial charge is 0.490 e. The van der Waals surface area contributed by atoms with E-state index in [1.54, 1.807) is 29.8 Å². The second-order valence-electron chi connectivity index (χ2n) is 6.87. The maximum absolute atomic E-state index is 13.2. The Morgan fingerprint density at radius 3 is 2.39 bits per heavy atom. The summed E-state index contributed by atoms with van der Waals surface area (Å²) in [5, 5.41) is 11.5. The minimum atomic E-state index is -5.08. The first kappa shape index (κ1) is 22.8. The van der Waals surface area contributed by atoms with Crippen LogP contribution in [0, 0.1) is 5.82 Å². The van der Waals surface area contributed by atoms with Gasteiger partial charge in [0.1, 0.15) is 12.1 Å². The lowest BCUT2D eigenvalue weighted by Crippen LogP contribution is -2.25. The fourth-order valence-corrected chi connectivity index (χ4v) is 3.89. The van der Waals surface area contributed by atoms with Gasteiger partial charge in [0.05, 0.1) is 5.69 Å². The smallest absolute Gasteiger partial charge is 0.475 e. The summed E-state index contributed by atoms with van der Waals surface area (Å²) in [7, 11) is 0. The molecule has 0 radical (unpaired) electrons. The van der Waals surface area contributed by atoms with E-state index in [1.165, 1.54) is 23.3 Å². The molecule has 1 N–H and O–H groups in total. The number of thiophene rings is 1. The number of alkyl halides is 3. The van der Waals surface area contributed by atoms with Crippen molar-refractivity contribution in [3.05, 3.63) is 70.1 Å². The van der Waals surface area contributed by atoms with Gasteiger partial charge in [-0.1, -0.05) is 0 Å². The van der Waals surface area contributed by atoms with Crippen LogP contribution in [0.1, 0.15) is 16.8 Å². The van der Waals surface area contributed by atoms with Gasteiger partial charge in [0.25, 0.3) is 0 Å². The number of carboxylic acids is 1. The lowest BCUT2D eigenvalue weighted by molar-refractivity contribution is -0.192. The third-order valence-electron chi connectivity index (χ3n) is 4.72. The van der Waals surface area contributed by atoms with Gasteiger partial charge in [-0.3, -0.25) is 4.90 Å². The predicted molar refractivity (Wildman–Crippen MR) is 108 cm³/mol. The first-order valence-electron chi connectivity index (χ1n) is 9.36. The third-order valence-corrected chi connectivity index (χ3v) is 5.46. The number of hydrogen-bond acceptors (Lipinski definition) is 5. The highest BCUT2D eigenvalue weighted by Crippen LogP contribution is 2.26. The molecule has 164 valence electrons. The van der Waals surface area contributed by atoms with Gasteiger partial charge in [0.15, 0.2) is 0 Å². The molecule has 0 bridgehead atoms. The molecule has 0 spiro atoms. The van der Waals surface area contributed by atoms with E-state index in [4.69, 9.17) is 9.90 Å². The molecule has 0 saturated heterocycles. The number of aromatic nitrogens is 2. The average molecular weight is 453 g/mol. The number of hydrogen-bond donors (Lipinski definition) is 1. The molecule has 4 rings (SSSR count). The lowest BCUT2D eigenvalue weighted by Gasteiger charge is -2.18. The van der Waals surface area contributed by atoms with Crippen LogP contribution in [-0.2, 0) is 24.2 Å². The summed E-state index contributed by atoms with van der Waals surface area (Å²) in [5.74, 6) is -2.98. The summed E-state index contributed by atoms with van der Waals surface area (Å²) in [6.45, 7) is 2.98. The van der Waals surface area contributed by atoms with E-state index in [1.807, 2.05) is 0 Å². The Hall–Kier alpha value is -2.85. The maximum Gasteiger partial charge on any atom is 0.490 e. The first-order chi connectivity index (χ1) is 14.7. The molecule has 31 heavy (non-hydrogen) atoms. The number of carbonyl (C=O) groups is 1. The summed E-state index contributed by atoms with van der Waals surface area (Å²) in [6.07, 6.45) is -1.60. The average Bonchev–Trinajstić information content (AvgIpc) is 3.15. The standard InChI is InChI=1S/C19H18FN3S.C2HF3O2/c20-16-3-1-15(2-4-16)19-17-5-8-23(11-14-7-10-24-12-14)9-6-18(17)21-13-22-19;3-2(4,5)1(6)7/h1-4,7,10,12-13H,5-6,8-9,11H2;(H,6,7). The molecule has 1 aliphatic rings. The zero-order valence-corrected chi connectivity index (χ0v) is 17.1. The molecular formula is C21H19F4N3O2S. The minimum absolute atomic E-state index is 0.221. The summed E-state index contributed by atoms with van der Waals surface area (Å²) >= 11 is 1.74. The van der Waals surface area contributed by atoms with Gasteiger partial charge >= 0.3 is 12.1 Å². The number of aliphatic carboxylic acids is 1. The molecular weight excluding hydrogens is 434 g/mol. The second kappa shape index (κ2) is 9.97. The van der Waals surface area contributed by atoms with Gasteiger partial charge in [-0.25, -0.2) is 19.2 Å². The molecule has 1 aliphatic heterocycles. The topological polar surface area (TPSA) is 66.3 Å². The van der Waals surface area contributed by atoms with E-state index in [9.17, 15) is 17.6 Å². The van der Waals surface area contributed by atoms with Gasteiger partial charge < -0.3 is 5.11 Å². The van der Waals surface area contributed by atoms with Crippen LogP contribution in [0.25, 0.3) is 11.3 Å². The van der Waals surface area contributed by atoms with E-state index in [2.05, 4.69) is 31.7 Å². The second-order valence-corrected chi connectivity index (χ2v) is 7.65. The van der Waals surface area contributed by atoms with Crippen LogP contribution in [0.5, 0.6) is 0 Å². The quantitative estimate of drug-likeness (QED) is 0.588. The van der Waals surface area contributed by atoms with Crippen molar-refractivity contribution < 1.29 is 27.5 Å². The van der Waals surface area contributed by atoms with E-state index >= 15 is 0 Å². The molecule has 3 aromatic rings. The SMILES string of the molecule is Fc1ccc(-c2ncnc3c2CCN(Cc2ccsc2)CC3)cc1.O=C(O)C(F)(F)F. The van der Waals surface area contributed by atoms with Crippen LogP contribution in [0.3, 0.4) is 0 Å². The summed E-state index contributed by atoms with van der Waals surface area (Å²) in [6, 6.07) is 8.76. The molecule has 5 nitrogen and oxygen atoms in total. The van der Waals surface area contributed by atoms with E-state index in [-0.39, 0.29) is 5.82 Å². The predicted octanol–water partition coefficient (Wildman–Crippen LogP) is 4.58. The third kappa shape index (κ3) is 6.31. The molecule has 0 atom stereocenters. The summed E-state index contributed by atoms with van der Waals surface area (Å²) in [4.78, 5) is 20.4. The van der Waals surface area contributed by atoms with Crippen LogP contribution in [0.2, 0.25) is 0 Å². The van der Waals surface area contributed by atoms with Gasteiger partial charge in [0, 0.05) is 42.9 Å². The van der Waals surface area contributed by atoms with Crippen molar-refractivity contribution in [2.24, 2.45) is 0 Å². The van der Waals surface area contributed by atoms with Gasteiger partial charge in [0.2, 0.25) is 0 Å². The number of halogens is 4. The van der Waals surface area contributed by atoms with Crippen molar-refractivity contribution in [2.45, 2.75) is 25.6 Å². The number of rotatable bonds is 3. The normalized spacial score (nSPS) is 14.2. The molecule has 0 unspecified atom stereocenters. The van der Waals surface area contributed by atoms with Crippen molar-refractivity contribution in [3.8, 4) is 11.3 Å². The van der Waals surface area contributed by atoms with Crippen LogP contribution in [0.15, 0.2) is 47.4 Å². The highest BCUT2D eigenvalue weighted by Gasteiger charge is 2.38. The zero-order chi connectivity index (χ0) is 22.4. The van der Waals surface area contributed by atoms with Crippen molar-refractivity contribution in [1.82, 2.24) is 14.9 Å². The van der Waals surface area contributed by atoms with E-state index in [0.717, 1.165) is 49.4 Å². The van der Waals surface area contributed by atoms with Crippen molar-refractivity contribution in [2.75, 3.05) is 13.1 Å². The Bertz CT molecular complexity index is 1010. The Morgan fingerprint density at radius 1 is 1.10 bits per heavy atom. The van der Waals surface area contributed by atoms with Crippen LogP contribution in [0.4, 0.5) is 17.6 Å². The minimum Gasteiger partial charge on any atom is -0.475 e. The first-order valence-corrected chi connectivity index (χ1v) is 10.3. The van der Waals surface area contributed by atoms with Crippen molar-refractivity contribution in [3.63, 3.8) is 0 Å². The van der Waals surface area contributed by atoms with E-state index in [0.29, 0.717) is 0 Å². The highest BCUT2D eigenvalue weighted by atomic mass is 32.1. The number of nitrogens with zero attached hydrogens (tertiary/aromatic N) is 3. The van der Waals surface area contributed by atoms with Crippen LogP contribution in [-0.4, -0.2) is 45.2 Å².